The number of amides is 2. The zero-order valence-electron chi connectivity index (χ0n) is 13.2. The summed E-state index contributed by atoms with van der Waals surface area (Å²) >= 11 is 11.6. The number of carbonyl (C=O) groups is 3. The average molecular weight is 389 g/mol. The largest absolute Gasteiger partial charge is 0.461 e. The number of esters is 1. The Hall–Kier alpha value is -2.65. The minimum Gasteiger partial charge on any atom is -0.461 e. The van der Waals surface area contributed by atoms with E-state index in [0.29, 0.717) is 5.02 Å². The molecule has 0 heterocycles. The zero-order chi connectivity index (χ0) is 19.0. The molecule has 9 nitrogen and oxygen atoms in total. The molecular formula is C14H14Cl2N4O5. The SMILES string of the molecule is CCOC(=O)C(=N\O)/C(C)=N/NC(=O)C(=O)Nc1cc(Cl)ccc1Cl. The summed E-state index contributed by atoms with van der Waals surface area (Å²) in [5.74, 6) is -3.15. The molecule has 1 aromatic rings. The first kappa shape index (κ1) is 20.4. The molecule has 2 amide bonds. The normalized spacial score (nSPS) is 11.7. The van der Waals surface area contributed by atoms with Crippen LogP contribution in [-0.4, -0.2) is 41.0 Å². The predicted octanol–water partition coefficient (Wildman–Crippen LogP) is 1.82. The molecular weight excluding hydrogens is 375 g/mol. The fourth-order valence-corrected chi connectivity index (χ4v) is 1.81. The Morgan fingerprint density at radius 3 is 2.52 bits per heavy atom. The van der Waals surface area contributed by atoms with E-state index in [2.05, 4.69) is 20.3 Å². The van der Waals surface area contributed by atoms with Crippen molar-refractivity contribution < 1.29 is 24.3 Å². The highest BCUT2D eigenvalue weighted by molar-refractivity contribution is 6.65. The lowest BCUT2D eigenvalue weighted by molar-refractivity contribution is -0.136. The molecule has 11 heteroatoms. The van der Waals surface area contributed by atoms with Gasteiger partial charge in [0.25, 0.3) is 0 Å². The Morgan fingerprint density at radius 2 is 1.92 bits per heavy atom. The van der Waals surface area contributed by atoms with Crippen molar-refractivity contribution in [3.05, 3.63) is 28.2 Å². The number of nitrogens with zero attached hydrogens (tertiary/aromatic N) is 2. The number of rotatable bonds is 5. The maximum absolute atomic E-state index is 11.8. The fourth-order valence-electron chi connectivity index (χ4n) is 1.47. The van der Waals surface area contributed by atoms with Crippen LogP contribution in [0, 0.1) is 0 Å². The lowest BCUT2D eigenvalue weighted by atomic mass is 10.2. The Kier molecular flexibility index (Phi) is 7.83. The molecule has 0 saturated carbocycles. The molecule has 0 spiro atoms. The smallest absolute Gasteiger partial charge is 0.362 e. The molecule has 0 fully saturated rings. The molecule has 0 unspecified atom stereocenters. The summed E-state index contributed by atoms with van der Waals surface area (Å²) in [7, 11) is 0. The van der Waals surface area contributed by atoms with Crippen molar-refractivity contribution in [2.45, 2.75) is 13.8 Å². The number of ether oxygens (including phenoxy) is 1. The summed E-state index contributed by atoms with van der Waals surface area (Å²) in [5.41, 5.74) is 1.37. The Balaban J connectivity index is 2.76. The van der Waals surface area contributed by atoms with Crippen LogP contribution in [0.4, 0.5) is 5.69 Å². The number of hydrazone groups is 1. The van der Waals surface area contributed by atoms with Gasteiger partial charge in [-0.15, -0.1) is 0 Å². The quantitative estimate of drug-likeness (QED) is 0.233. The van der Waals surface area contributed by atoms with Gasteiger partial charge in [-0.2, -0.15) is 5.10 Å². The van der Waals surface area contributed by atoms with Gasteiger partial charge in [-0.3, -0.25) is 9.59 Å². The van der Waals surface area contributed by atoms with Crippen LogP contribution < -0.4 is 10.7 Å². The summed E-state index contributed by atoms with van der Waals surface area (Å²) in [6, 6.07) is 4.32. The molecule has 1 rings (SSSR count). The van der Waals surface area contributed by atoms with Crippen LogP contribution in [0.25, 0.3) is 0 Å². The third-order valence-corrected chi connectivity index (χ3v) is 3.18. The lowest BCUT2D eigenvalue weighted by Crippen LogP contribution is -2.34. The topological polar surface area (TPSA) is 129 Å². The lowest BCUT2D eigenvalue weighted by Gasteiger charge is -2.07. The van der Waals surface area contributed by atoms with E-state index in [1.807, 2.05) is 5.43 Å². The monoisotopic (exact) mass is 388 g/mol. The minimum atomic E-state index is -1.14. The van der Waals surface area contributed by atoms with Crippen LogP contribution >= 0.6 is 23.2 Å². The fraction of sp³-hybridized carbons (Fsp3) is 0.214. The number of carbonyl (C=O) groups excluding carboxylic acids is 3. The van der Waals surface area contributed by atoms with Crippen LogP contribution in [0.1, 0.15) is 13.8 Å². The van der Waals surface area contributed by atoms with Crippen molar-refractivity contribution in [2.75, 3.05) is 11.9 Å². The summed E-state index contributed by atoms with van der Waals surface area (Å²) in [4.78, 5) is 35.0. The molecule has 0 atom stereocenters. The average Bonchev–Trinajstić information content (AvgIpc) is 2.56. The highest BCUT2D eigenvalue weighted by Crippen LogP contribution is 2.25. The van der Waals surface area contributed by atoms with Crippen molar-refractivity contribution in [1.82, 2.24) is 5.43 Å². The first-order chi connectivity index (χ1) is 11.8. The van der Waals surface area contributed by atoms with Gasteiger partial charge in [0.15, 0.2) is 0 Å². The standard InChI is InChI=1S/C14H14Cl2N4O5/c1-3-25-14(23)11(20-24)7(2)18-19-13(22)12(21)17-10-6-8(15)4-5-9(10)16/h4-6,24H,3H2,1-2H3,(H,17,21)(H,19,22)/b18-7+,20-11-. The van der Waals surface area contributed by atoms with E-state index in [0.717, 1.165) is 0 Å². The van der Waals surface area contributed by atoms with E-state index in [9.17, 15) is 14.4 Å². The molecule has 0 aliphatic rings. The van der Waals surface area contributed by atoms with E-state index < -0.39 is 23.5 Å². The number of hydrogen-bond acceptors (Lipinski definition) is 7. The second-order valence-electron chi connectivity index (χ2n) is 4.39. The summed E-state index contributed by atoms with van der Waals surface area (Å²) < 4.78 is 4.64. The second-order valence-corrected chi connectivity index (χ2v) is 5.23. The van der Waals surface area contributed by atoms with Gasteiger partial charge in [-0.1, -0.05) is 28.4 Å². The van der Waals surface area contributed by atoms with Crippen molar-refractivity contribution in [3.8, 4) is 0 Å². The van der Waals surface area contributed by atoms with Crippen LogP contribution in [0.5, 0.6) is 0 Å². The Morgan fingerprint density at radius 1 is 1.24 bits per heavy atom. The third kappa shape index (κ3) is 6.05. The molecule has 0 aromatic heterocycles. The molecule has 25 heavy (non-hydrogen) atoms. The van der Waals surface area contributed by atoms with E-state index >= 15 is 0 Å². The summed E-state index contributed by atoms with van der Waals surface area (Å²) in [6.45, 7) is 2.89. The first-order valence-electron chi connectivity index (χ1n) is 6.80. The summed E-state index contributed by atoms with van der Waals surface area (Å²) in [6.07, 6.45) is 0. The molecule has 0 aliphatic heterocycles. The van der Waals surface area contributed by atoms with Gasteiger partial charge in [-0.25, -0.2) is 10.2 Å². The van der Waals surface area contributed by atoms with Gasteiger partial charge in [0.05, 0.1) is 23.0 Å². The Bertz CT molecular complexity index is 749. The minimum absolute atomic E-state index is 0.0558. The second kappa shape index (κ2) is 9.60. The highest BCUT2D eigenvalue weighted by atomic mass is 35.5. The molecule has 134 valence electrons. The molecule has 0 aliphatic carbocycles. The van der Waals surface area contributed by atoms with Crippen LogP contribution in [-0.2, 0) is 19.1 Å². The van der Waals surface area contributed by atoms with Gasteiger partial charge >= 0.3 is 17.8 Å². The van der Waals surface area contributed by atoms with Crippen molar-refractivity contribution in [2.24, 2.45) is 10.3 Å². The maximum atomic E-state index is 11.8. The van der Waals surface area contributed by atoms with Gasteiger partial charge in [0, 0.05) is 5.02 Å². The number of halogens is 2. The van der Waals surface area contributed by atoms with Crippen molar-refractivity contribution in [1.29, 1.82) is 0 Å². The zero-order valence-corrected chi connectivity index (χ0v) is 14.7. The molecule has 0 radical (unpaired) electrons. The van der Waals surface area contributed by atoms with Crippen molar-refractivity contribution in [3.63, 3.8) is 0 Å². The van der Waals surface area contributed by atoms with E-state index in [4.69, 9.17) is 28.4 Å². The van der Waals surface area contributed by atoms with E-state index in [1.54, 1.807) is 6.92 Å². The van der Waals surface area contributed by atoms with Gasteiger partial charge in [0.1, 0.15) is 0 Å². The molecule has 3 N–H and O–H groups in total. The number of anilines is 1. The molecule has 0 bridgehead atoms. The van der Waals surface area contributed by atoms with Crippen LogP contribution in [0.15, 0.2) is 28.5 Å². The molecule has 1 aromatic carbocycles. The van der Waals surface area contributed by atoms with Crippen LogP contribution in [0.2, 0.25) is 10.0 Å². The van der Waals surface area contributed by atoms with Gasteiger partial charge in [-0.05, 0) is 32.0 Å². The van der Waals surface area contributed by atoms with E-state index in [1.165, 1.54) is 25.1 Å². The Labute approximate surface area is 152 Å². The van der Waals surface area contributed by atoms with Crippen LogP contribution in [0.3, 0.4) is 0 Å². The third-order valence-electron chi connectivity index (χ3n) is 2.62. The van der Waals surface area contributed by atoms with Gasteiger partial charge < -0.3 is 15.3 Å². The molecule has 0 saturated heterocycles. The number of nitrogens with one attached hydrogen (secondary N) is 2. The predicted molar refractivity (Wildman–Crippen MR) is 92.2 cm³/mol. The summed E-state index contributed by atoms with van der Waals surface area (Å²) in [5, 5.41) is 17.8. The highest BCUT2D eigenvalue weighted by Gasteiger charge is 2.19. The first-order valence-corrected chi connectivity index (χ1v) is 7.56. The number of hydrogen-bond donors (Lipinski definition) is 3. The van der Waals surface area contributed by atoms with Gasteiger partial charge in [0.2, 0.25) is 5.71 Å². The van der Waals surface area contributed by atoms with Crippen molar-refractivity contribution >= 4 is 58.1 Å². The van der Waals surface area contributed by atoms with E-state index in [-0.39, 0.29) is 23.0 Å². The number of benzene rings is 1. The number of oxime groups is 1. The maximum Gasteiger partial charge on any atom is 0.362 e.